The van der Waals surface area contributed by atoms with Gasteiger partial charge < -0.3 is 9.80 Å². The average Bonchev–Trinajstić information content (AvgIpc) is 3.35. The van der Waals surface area contributed by atoms with Crippen molar-refractivity contribution in [3.63, 3.8) is 0 Å². The topological polar surface area (TPSA) is 6.48 Å². The lowest BCUT2D eigenvalue weighted by atomic mass is 9.33. The van der Waals surface area contributed by atoms with Crippen LogP contribution in [0.25, 0.3) is 0 Å². The number of benzene rings is 5. The molecule has 5 aliphatic rings. The summed E-state index contributed by atoms with van der Waals surface area (Å²) in [5.74, 6) is 0. The maximum Gasteiger partial charge on any atom is 0.252 e. The molecule has 5 aromatic rings. The smallest absolute Gasteiger partial charge is 0.252 e. The Morgan fingerprint density at radius 3 is 1.52 bits per heavy atom. The molecule has 3 aliphatic carbocycles. The van der Waals surface area contributed by atoms with E-state index in [1.54, 1.807) is 0 Å². The molecule has 0 fully saturated rings. The predicted molar refractivity (Wildman–Crippen MR) is 270 cm³/mol. The molecule has 0 amide bonds. The van der Waals surface area contributed by atoms with Gasteiger partial charge >= 0.3 is 0 Å². The van der Waals surface area contributed by atoms with Gasteiger partial charge in [0.25, 0.3) is 6.71 Å². The number of rotatable bonds is 2. The minimum atomic E-state index is 0.00441. The molecule has 2 aliphatic heterocycles. The molecule has 0 unspecified atom stereocenters. The zero-order valence-electron chi connectivity index (χ0n) is 41.4. The lowest BCUT2D eigenvalue weighted by Crippen LogP contribution is -2.62. The van der Waals surface area contributed by atoms with Gasteiger partial charge in [0, 0.05) is 34.1 Å². The van der Waals surface area contributed by atoms with Crippen molar-refractivity contribution in [2.75, 3.05) is 9.80 Å². The van der Waals surface area contributed by atoms with Gasteiger partial charge in [-0.05, 0) is 193 Å². The van der Waals surface area contributed by atoms with Crippen LogP contribution in [-0.2, 0) is 37.9 Å². The molecule has 0 radical (unpaired) electrons. The molecule has 322 valence electrons. The van der Waals surface area contributed by atoms with E-state index in [0.717, 1.165) is 6.42 Å². The summed E-state index contributed by atoms with van der Waals surface area (Å²) in [5, 5.41) is 0. The molecule has 0 spiro atoms. The zero-order chi connectivity index (χ0) is 44.6. The molecule has 62 heavy (non-hydrogen) atoms. The number of anilines is 6. The average molecular weight is 821 g/mol. The summed E-state index contributed by atoms with van der Waals surface area (Å²) < 4.78 is 0. The maximum absolute atomic E-state index is 2.71. The largest absolute Gasteiger partial charge is 0.311 e. The lowest BCUT2D eigenvalue weighted by Gasteiger charge is -2.48. The van der Waals surface area contributed by atoms with Crippen molar-refractivity contribution in [1.82, 2.24) is 0 Å². The van der Waals surface area contributed by atoms with E-state index in [4.69, 9.17) is 0 Å². The summed E-state index contributed by atoms with van der Waals surface area (Å²) in [5.41, 5.74) is 26.0. The van der Waals surface area contributed by atoms with Gasteiger partial charge in [-0.15, -0.1) is 0 Å². The summed E-state index contributed by atoms with van der Waals surface area (Å²) in [6, 6.07) is 30.6. The van der Waals surface area contributed by atoms with Gasteiger partial charge in [-0.2, -0.15) is 0 Å². The number of hydrogen-bond donors (Lipinski definition) is 0. The van der Waals surface area contributed by atoms with Crippen molar-refractivity contribution in [2.45, 2.75) is 188 Å². The second-order valence-corrected chi connectivity index (χ2v) is 25.7. The quantitative estimate of drug-likeness (QED) is 0.160. The fraction of sp³-hybridized carbons (Fsp3) is 0.492. The first-order valence-corrected chi connectivity index (χ1v) is 24.0. The number of aryl methyl sites for hydroxylation is 2. The molecule has 0 bridgehead atoms. The minimum absolute atomic E-state index is 0.00441. The highest BCUT2D eigenvalue weighted by Crippen LogP contribution is 2.55. The summed E-state index contributed by atoms with van der Waals surface area (Å²) in [6.45, 7) is 41.6. The highest BCUT2D eigenvalue weighted by Gasteiger charge is 2.49. The van der Waals surface area contributed by atoms with Gasteiger partial charge in [-0.3, -0.25) is 0 Å². The van der Waals surface area contributed by atoms with Crippen molar-refractivity contribution in [3.8, 4) is 0 Å². The van der Waals surface area contributed by atoms with E-state index in [-0.39, 0.29) is 44.6 Å². The normalized spacial score (nSPS) is 21.3. The van der Waals surface area contributed by atoms with Crippen molar-refractivity contribution in [3.05, 3.63) is 123 Å². The Labute approximate surface area is 376 Å². The van der Waals surface area contributed by atoms with E-state index in [9.17, 15) is 0 Å². The van der Waals surface area contributed by atoms with Crippen LogP contribution in [0.4, 0.5) is 34.1 Å². The van der Waals surface area contributed by atoms with E-state index < -0.39 is 0 Å². The first kappa shape index (κ1) is 41.8. The molecule has 10 rings (SSSR count). The van der Waals surface area contributed by atoms with Gasteiger partial charge in [0.15, 0.2) is 0 Å². The summed E-state index contributed by atoms with van der Waals surface area (Å²) in [6.07, 6.45) is 5.95. The van der Waals surface area contributed by atoms with E-state index in [1.165, 1.54) is 126 Å². The van der Waals surface area contributed by atoms with E-state index in [0.29, 0.717) is 0 Å². The Morgan fingerprint density at radius 1 is 0.435 bits per heavy atom. The standard InChI is InChI=1S/C59H73BN2/c1-35-26-50-52-51(27-35)62(48-32-44-40(28-36(48)2)58(14,15)34-59(44,16)17)47-21-18-37(53(3,4)5)29-45(47)60(52)46-31-42-43(57(12,13)25-24-56(42,10)11)33-49(46)61(50)38-19-20-39-41(30-38)55(8,9)23-22-54(39,6)7/h18-21,26-33H,22-25,34H2,1-17H3. The van der Waals surface area contributed by atoms with Gasteiger partial charge in [0.2, 0.25) is 0 Å². The minimum Gasteiger partial charge on any atom is -0.311 e. The van der Waals surface area contributed by atoms with Crippen LogP contribution in [0.2, 0.25) is 0 Å². The molecule has 0 atom stereocenters. The molecule has 5 aromatic carbocycles. The second-order valence-electron chi connectivity index (χ2n) is 25.7. The summed E-state index contributed by atoms with van der Waals surface area (Å²) in [4.78, 5) is 5.40. The molecule has 0 aromatic heterocycles. The Morgan fingerprint density at radius 2 is 0.919 bits per heavy atom. The molecule has 3 heteroatoms. The number of nitrogens with zero attached hydrogens (tertiary/aromatic N) is 2. The zero-order valence-corrected chi connectivity index (χ0v) is 41.4. The Bertz CT molecular complexity index is 2750. The maximum atomic E-state index is 2.71. The fourth-order valence-corrected chi connectivity index (χ4v) is 13.3. The molecule has 0 N–H and O–H groups in total. The van der Waals surface area contributed by atoms with E-state index in [1.807, 2.05) is 0 Å². The van der Waals surface area contributed by atoms with Gasteiger partial charge in [0.05, 0.1) is 0 Å². The Kier molecular flexibility index (Phi) is 8.57. The van der Waals surface area contributed by atoms with Crippen LogP contribution in [-0.4, -0.2) is 6.71 Å². The fourth-order valence-electron chi connectivity index (χ4n) is 13.3. The van der Waals surface area contributed by atoms with Crippen LogP contribution < -0.4 is 26.2 Å². The van der Waals surface area contributed by atoms with Crippen LogP contribution in [0.1, 0.15) is 186 Å². The first-order chi connectivity index (χ1) is 28.6. The molecule has 2 heterocycles. The molecule has 0 saturated heterocycles. The number of hydrogen-bond acceptors (Lipinski definition) is 2. The third-order valence-corrected chi connectivity index (χ3v) is 17.1. The highest BCUT2D eigenvalue weighted by atomic mass is 15.2. The lowest BCUT2D eigenvalue weighted by molar-refractivity contribution is 0.332. The van der Waals surface area contributed by atoms with Gasteiger partial charge in [0.1, 0.15) is 0 Å². The van der Waals surface area contributed by atoms with Crippen molar-refractivity contribution in [1.29, 1.82) is 0 Å². The Balaban J connectivity index is 1.33. The summed E-state index contributed by atoms with van der Waals surface area (Å²) >= 11 is 0. The van der Waals surface area contributed by atoms with Crippen LogP contribution in [0.15, 0.2) is 72.8 Å². The van der Waals surface area contributed by atoms with Gasteiger partial charge in [-0.25, -0.2) is 0 Å². The van der Waals surface area contributed by atoms with Crippen LogP contribution in [0.3, 0.4) is 0 Å². The van der Waals surface area contributed by atoms with Crippen molar-refractivity contribution >= 4 is 57.2 Å². The third kappa shape index (κ3) is 5.94. The molecular formula is C59H73BN2. The van der Waals surface area contributed by atoms with Crippen LogP contribution in [0.5, 0.6) is 0 Å². The monoisotopic (exact) mass is 821 g/mol. The highest BCUT2D eigenvalue weighted by molar-refractivity contribution is 7.00. The molecule has 2 nitrogen and oxygen atoms in total. The van der Waals surface area contributed by atoms with Gasteiger partial charge in [-0.1, -0.05) is 134 Å². The molecule has 0 saturated carbocycles. The summed E-state index contributed by atoms with van der Waals surface area (Å²) in [7, 11) is 0. The van der Waals surface area contributed by atoms with E-state index >= 15 is 0 Å². The number of fused-ring (bicyclic) bond motifs is 7. The van der Waals surface area contributed by atoms with Crippen LogP contribution in [0, 0.1) is 13.8 Å². The van der Waals surface area contributed by atoms with E-state index in [2.05, 4.69) is 200 Å². The second kappa shape index (κ2) is 12.7. The van der Waals surface area contributed by atoms with Crippen molar-refractivity contribution in [2.24, 2.45) is 0 Å². The SMILES string of the molecule is Cc1cc2c3c(c1)N(c1cc4c(cc1C)C(C)(C)CC4(C)C)c1ccc(C(C)(C)C)cc1B3c1cc3c(cc1N2c1ccc2c(c1)C(C)(C)CCC2(C)C)C(C)(C)CCC3(C)C. The Hall–Kier alpha value is -4.24. The first-order valence-electron chi connectivity index (χ1n) is 24.0. The predicted octanol–water partition coefficient (Wildman–Crippen LogP) is 14.3. The van der Waals surface area contributed by atoms with Crippen LogP contribution >= 0.6 is 0 Å². The van der Waals surface area contributed by atoms with Crippen molar-refractivity contribution < 1.29 is 0 Å². The molecular weight excluding hydrogens is 747 g/mol. The third-order valence-electron chi connectivity index (χ3n) is 17.1.